The second-order valence-electron chi connectivity index (χ2n) is 6.10. The van der Waals surface area contributed by atoms with Gasteiger partial charge in [-0.05, 0) is 47.2 Å². The van der Waals surface area contributed by atoms with Gasteiger partial charge in [0.05, 0.1) is 5.02 Å². The van der Waals surface area contributed by atoms with Crippen molar-refractivity contribution in [2.75, 3.05) is 5.32 Å². The van der Waals surface area contributed by atoms with Crippen LogP contribution in [0.3, 0.4) is 0 Å². The van der Waals surface area contributed by atoms with Crippen molar-refractivity contribution in [1.82, 2.24) is 0 Å². The first-order valence-corrected chi connectivity index (χ1v) is 8.82. The average molecular weight is 378 g/mol. The molecule has 0 saturated carbocycles. The Hall–Kier alpha value is -3.08. The predicted octanol–water partition coefficient (Wildman–Crippen LogP) is 5.50. The molecule has 3 aromatic carbocycles. The Labute approximate surface area is 161 Å². The number of carbonyl (C=O) groups is 1. The molecule has 0 aliphatic heterocycles. The summed E-state index contributed by atoms with van der Waals surface area (Å²) in [6.45, 7) is -0.170. The van der Waals surface area contributed by atoms with Crippen LogP contribution in [0, 0.1) is 0 Å². The monoisotopic (exact) mass is 377 g/mol. The van der Waals surface area contributed by atoms with Crippen LogP contribution in [0.15, 0.2) is 77.2 Å². The minimum absolute atomic E-state index is 0.170. The zero-order valence-electron chi connectivity index (χ0n) is 14.3. The van der Waals surface area contributed by atoms with Crippen LogP contribution in [0.4, 0.5) is 5.69 Å². The fourth-order valence-electron chi connectivity index (χ4n) is 3.02. The van der Waals surface area contributed by atoms with Gasteiger partial charge in [0.2, 0.25) is 0 Å². The van der Waals surface area contributed by atoms with E-state index in [1.165, 1.54) is 0 Å². The van der Waals surface area contributed by atoms with Crippen LogP contribution in [0.25, 0.3) is 22.1 Å². The van der Waals surface area contributed by atoms with Crippen LogP contribution in [0.1, 0.15) is 16.1 Å². The van der Waals surface area contributed by atoms with E-state index >= 15 is 0 Å². The molecule has 0 aliphatic carbocycles. The average Bonchev–Trinajstić information content (AvgIpc) is 3.16. The summed E-state index contributed by atoms with van der Waals surface area (Å²) in [6, 6.07) is 22.1. The number of anilines is 1. The quantitative estimate of drug-likeness (QED) is 0.493. The van der Waals surface area contributed by atoms with E-state index < -0.39 is 0 Å². The van der Waals surface area contributed by atoms with Gasteiger partial charge in [-0.15, -0.1) is 0 Å². The van der Waals surface area contributed by atoms with Crippen molar-refractivity contribution in [2.45, 2.75) is 6.61 Å². The van der Waals surface area contributed by atoms with E-state index in [1.54, 1.807) is 36.4 Å². The normalized spacial score (nSPS) is 10.9. The Morgan fingerprint density at radius 2 is 1.81 bits per heavy atom. The number of furan rings is 1. The van der Waals surface area contributed by atoms with Crippen LogP contribution in [0.2, 0.25) is 5.02 Å². The van der Waals surface area contributed by atoms with Gasteiger partial charge in [-0.1, -0.05) is 48.0 Å². The smallest absolute Gasteiger partial charge is 0.256 e. The molecule has 0 radical (unpaired) electrons. The van der Waals surface area contributed by atoms with Crippen molar-refractivity contribution in [2.24, 2.45) is 0 Å². The van der Waals surface area contributed by atoms with Crippen molar-refractivity contribution in [1.29, 1.82) is 0 Å². The van der Waals surface area contributed by atoms with Gasteiger partial charge in [-0.25, -0.2) is 0 Å². The first kappa shape index (κ1) is 17.3. The molecule has 4 aromatic rings. The first-order valence-electron chi connectivity index (χ1n) is 8.44. The maximum atomic E-state index is 12.7. The molecule has 0 fully saturated rings. The Bertz CT molecular complexity index is 1130. The van der Waals surface area contributed by atoms with Gasteiger partial charge in [0.25, 0.3) is 5.91 Å². The van der Waals surface area contributed by atoms with Crippen molar-refractivity contribution >= 4 is 34.0 Å². The van der Waals surface area contributed by atoms with Crippen molar-refractivity contribution < 1.29 is 14.3 Å². The second-order valence-corrected chi connectivity index (χ2v) is 6.51. The summed E-state index contributed by atoms with van der Waals surface area (Å²) >= 11 is 6.37. The van der Waals surface area contributed by atoms with E-state index in [4.69, 9.17) is 21.1 Å². The third kappa shape index (κ3) is 3.45. The minimum atomic E-state index is -0.198. The molecule has 4 rings (SSSR count). The van der Waals surface area contributed by atoms with Crippen LogP contribution >= 0.6 is 11.6 Å². The second kappa shape index (κ2) is 7.27. The van der Waals surface area contributed by atoms with Gasteiger partial charge >= 0.3 is 0 Å². The van der Waals surface area contributed by atoms with E-state index in [0.29, 0.717) is 33.4 Å². The largest absolute Gasteiger partial charge is 0.459 e. The van der Waals surface area contributed by atoms with Crippen molar-refractivity contribution in [3.8, 4) is 11.3 Å². The lowest BCUT2D eigenvalue weighted by molar-refractivity contribution is 0.102. The number of aliphatic hydroxyl groups excluding tert-OH is 1. The molecule has 0 bridgehead atoms. The summed E-state index contributed by atoms with van der Waals surface area (Å²) in [5, 5.41) is 14.4. The lowest BCUT2D eigenvalue weighted by atomic mass is 10.0. The highest BCUT2D eigenvalue weighted by Gasteiger charge is 2.13. The summed E-state index contributed by atoms with van der Waals surface area (Å²) in [5.41, 5.74) is 1.89. The fraction of sp³-hybridized carbons (Fsp3) is 0.0455. The molecule has 134 valence electrons. The number of hydrogen-bond donors (Lipinski definition) is 2. The summed E-state index contributed by atoms with van der Waals surface area (Å²) in [7, 11) is 0. The molecule has 4 nitrogen and oxygen atoms in total. The van der Waals surface area contributed by atoms with Gasteiger partial charge in [-0.3, -0.25) is 4.79 Å². The highest BCUT2D eigenvalue weighted by atomic mass is 35.5. The predicted molar refractivity (Wildman–Crippen MR) is 107 cm³/mol. The molecule has 1 aromatic heterocycles. The molecule has 0 atom stereocenters. The van der Waals surface area contributed by atoms with Crippen molar-refractivity contribution in [3.63, 3.8) is 0 Å². The lowest BCUT2D eigenvalue weighted by Gasteiger charge is -2.10. The van der Waals surface area contributed by atoms with Gasteiger partial charge in [0.15, 0.2) is 0 Å². The highest BCUT2D eigenvalue weighted by Crippen LogP contribution is 2.32. The molecule has 0 spiro atoms. The molecule has 1 heterocycles. The lowest BCUT2D eigenvalue weighted by Crippen LogP contribution is -2.12. The van der Waals surface area contributed by atoms with E-state index in [9.17, 15) is 4.79 Å². The molecule has 0 unspecified atom stereocenters. The van der Waals surface area contributed by atoms with Crippen LogP contribution in [-0.4, -0.2) is 11.0 Å². The van der Waals surface area contributed by atoms with Crippen LogP contribution in [-0.2, 0) is 6.61 Å². The number of aliphatic hydroxyl groups is 1. The summed E-state index contributed by atoms with van der Waals surface area (Å²) in [5.74, 6) is 0.835. The first-order chi connectivity index (χ1) is 13.2. The van der Waals surface area contributed by atoms with Gasteiger partial charge in [0.1, 0.15) is 18.1 Å². The van der Waals surface area contributed by atoms with Crippen LogP contribution in [0.5, 0.6) is 0 Å². The Kier molecular flexibility index (Phi) is 4.67. The molecule has 1 amide bonds. The number of fused-ring (bicyclic) bond motifs is 1. The third-order valence-electron chi connectivity index (χ3n) is 4.34. The summed E-state index contributed by atoms with van der Waals surface area (Å²) in [4.78, 5) is 12.7. The fourth-order valence-corrected chi connectivity index (χ4v) is 3.30. The molecule has 0 aliphatic rings. The molecular weight excluding hydrogens is 362 g/mol. The molecule has 0 saturated heterocycles. The maximum Gasteiger partial charge on any atom is 0.256 e. The topological polar surface area (TPSA) is 62.5 Å². The van der Waals surface area contributed by atoms with E-state index in [-0.39, 0.29) is 12.5 Å². The van der Waals surface area contributed by atoms with Gasteiger partial charge in [0, 0.05) is 16.8 Å². The summed E-state index contributed by atoms with van der Waals surface area (Å²) in [6.07, 6.45) is 0. The number of rotatable bonds is 4. The van der Waals surface area contributed by atoms with Crippen molar-refractivity contribution in [3.05, 3.63) is 89.1 Å². The molecule has 27 heavy (non-hydrogen) atoms. The Morgan fingerprint density at radius 1 is 1.00 bits per heavy atom. The SMILES string of the molecule is O=C(Nc1ccc(-c2ccc(CO)o2)c(Cl)c1)c1cccc2ccccc12. The molecule has 5 heteroatoms. The number of carbonyl (C=O) groups excluding carboxylic acids is 1. The zero-order chi connectivity index (χ0) is 18.8. The number of halogens is 1. The number of nitrogens with one attached hydrogen (secondary N) is 1. The van der Waals surface area contributed by atoms with Crippen LogP contribution < -0.4 is 5.32 Å². The standard InChI is InChI=1S/C22H16ClNO3/c23-20-12-15(8-10-19(20)21-11-9-16(13-25)27-21)24-22(26)18-7-3-5-14-4-1-2-6-17(14)18/h1-12,25H,13H2,(H,24,26). The number of benzene rings is 3. The maximum absolute atomic E-state index is 12.7. The third-order valence-corrected chi connectivity index (χ3v) is 4.66. The Morgan fingerprint density at radius 3 is 2.59 bits per heavy atom. The van der Waals surface area contributed by atoms with E-state index in [0.717, 1.165) is 10.8 Å². The summed E-state index contributed by atoms with van der Waals surface area (Å²) < 4.78 is 5.52. The minimum Gasteiger partial charge on any atom is -0.459 e. The Balaban J connectivity index is 1.61. The molecule has 2 N–H and O–H groups in total. The zero-order valence-corrected chi connectivity index (χ0v) is 15.0. The van der Waals surface area contributed by atoms with E-state index in [1.807, 2.05) is 36.4 Å². The number of hydrogen-bond acceptors (Lipinski definition) is 3. The van der Waals surface area contributed by atoms with Gasteiger partial charge < -0.3 is 14.8 Å². The molecular formula is C22H16ClNO3. The number of amides is 1. The highest BCUT2D eigenvalue weighted by molar-refractivity contribution is 6.33. The van der Waals surface area contributed by atoms with E-state index in [2.05, 4.69) is 5.32 Å². The van der Waals surface area contributed by atoms with Gasteiger partial charge in [-0.2, -0.15) is 0 Å².